The van der Waals surface area contributed by atoms with Gasteiger partial charge in [0.1, 0.15) is 4.88 Å². The third-order valence-electron chi connectivity index (χ3n) is 3.94. The van der Waals surface area contributed by atoms with Crippen LogP contribution in [0.4, 0.5) is 5.69 Å². The topological polar surface area (TPSA) is 46.3 Å². The summed E-state index contributed by atoms with van der Waals surface area (Å²) in [6, 6.07) is 5.91. The smallest absolute Gasteiger partial charge is 0.265 e. The van der Waals surface area contributed by atoms with Crippen LogP contribution in [0, 0.1) is 0 Å². The number of hydrogen-bond donors (Lipinski definition) is 1. The highest BCUT2D eigenvalue weighted by atomic mass is 35.5. The molecule has 20 heavy (non-hydrogen) atoms. The van der Waals surface area contributed by atoms with Crippen molar-refractivity contribution in [2.24, 2.45) is 0 Å². The van der Waals surface area contributed by atoms with E-state index in [1.807, 2.05) is 23.1 Å². The Morgan fingerprint density at radius 1 is 1.45 bits per heavy atom. The maximum Gasteiger partial charge on any atom is 0.265 e. The van der Waals surface area contributed by atoms with E-state index >= 15 is 0 Å². The third kappa shape index (κ3) is 2.17. The van der Waals surface area contributed by atoms with E-state index in [0.29, 0.717) is 15.6 Å². The van der Waals surface area contributed by atoms with E-state index in [2.05, 4.69) is 6.92 Å². The second kappa shape index (κ2) is 5.26. The molecule has 1 aliphatic heterocycles. The Morgan fingerprint density at radius 2 is 2.25 bits per heavy atom. The van der Waals surface area contributed by atoms with Gasteiger partial charge in [-0.25, -0.2) is 0 Å². The zero-order valence-corrected chi connectivity index (χ0v) is 12.9. The molecule has 2 aromatic rings. The number of thiophene rings is 1. The van der Waals surface area contributed by atoms with Crippen LogP contribution >= 0.6 is 22.9 Å². The SMILES string of the molecule is CC1CCCCN1C(=O)c1sc2c(N)cccc2c1Cl. The first-order valence-corrected chi connectivity index (χ1v) is 8.06. The Labute approximate surface area is 127 Å². The number of likely N-dealkylation sites (tertiary alicyclic amines) is 1. The van der Waals surface area contributed by atoms with Gasteiger partial charge in [0.2, 0.25) is 0 Å². The number of hydrogen-bond acceptors (Lipinski definition) is 3. The van der Waals surface area contributed by atoms with Gasteiger partial charge in [-0.15, -0.1) is 11.3 Å². The van der Waals surface area contributed by atoms with Gasteiger partial charge in [0, 0.05) is 23.7 Å². The lowest BCUT2D eigenvalue weighted by Crippen LogP contribution is -2.41. The molecule has 2 N–H and O–H groups in total. The summed E-state index contributed by atoms with van der Waals surface area (Å²) in [5.41, 5.74) is 6.65. The van der Waals surface area contributed by atoms with Crippen LogP contribution in [0.15, 0.2) is 18.2 Å². The number of nitrogen functional groups attached to an aromatic ring is 1. The number of piperidine rings is 1. The summed E-state index contributed by atoms with van der Waals surface area (Å²) in [5.74, 6) is 0.0443. The molecule has 0 spiro atoms. The molecule has 0 saturated carbocycles. The number of halogens is 1. The van der Waals surface area contributed by atoms with Crippen LogP contribution in [0.1, 0.15) is 35.9 Å². The van der Waals surface area contributed by atoms with Gasteiger partial charge < -0.3 is 10.6 Å². The zero-order valence-electron chi connectivity index (χ0n) is 11.4. The van der Waals surface area contributed by atoms with E-state index in [9.17, 15) is 4.79 Å². The molecular formula is C15H17ClN2OS. The fourth-order valence-corrected chi connectivity index (χ4v) is 4.26. The van der Waals surface area contributed by atoms with Gasteiger partial charge in [0.05, 0.1) is 9.72 Å². The van der Waals surface area contributed by atoms with Crippen molar-refractivity contribution in [3.63, 3.8) is 0 Å². The van der Waals surface area contributed by atoms with Crippen molar-refractivity contribution in [2.45, 2.75) is 32.2 Å². The highest BCUT2D eigenvalue weighted by Gasteiger charge is 2.28. The second-order valence-corrected chi connectivity index (χ2v) is 6.71. The number of nitrogens with two attached hydrogens (primary N) is 1. The molecule has 2 heterocycles. The fraction of sp³-hybridized carbons (Fsp3) is 0.400. The summed E-state index contributed by atoms with van der Waals surface area (Å²) in [6.45, 7) is 2.92. The number of anilines is 1. The summed E-state index contributed by atoms with van der Waals surface area (Å²) in [7, 11) is 0. The Morgan fingerprint density at radius 3 is 2.95 bits per heavy atom. The lowest BCUT2D eigenvalue weighted by atomic mass is 10.0. The number of nitrogens with zero attached hydrogens (tertiary/aromatic N) is 1. The van der Waals surface area contributed by atoms with Crippen LogP contribution in [0.2, 0.25) is 5.02 Å². The van der Waals surface area contributed by atoms with Gasteiger partial charge in [0.25, 0.3) is 5.91 Å². The van der Waals surface area contributed by atoms with Gasteiger partial charge in [-0.3, -0.25) is 4.79 Å². The molecule has 1 aromatic heterocycles. The molecule has 1 atom stereocenters. The van der Waals surface area contributed by atoms with Gasteiger partial charge >= 0.3 is 0 Å². The van der Waals surface area contributed by atoms with Crippen molar-refractivity contribution >= 4 is 44.6 Å². The molecular weight excluding hydrogens is 292 g/mol. The Hall–Kier alpha value is -1.26. The minimum absolute atomic E-state index is 0.0443. The van der Waals surface area contributed by atoms with Crippen molar-refractivity contribution in [1.82, 2.24) is 4.90 Å². The lowest BCUT2D eigenvalue weighted by molar-refractivity contribution is 0.0641. The average Bonchev–Trinajstić information content (AvgIpc) is 2.78. The van der Waals surface area contributed by atoms with Gasteiger partial charge in [-0.05, 0) is 32.3 Å². The zero-order chi connectivity index (χ0) is 14.3. The summed E-state index contributed by atoms with van der Waals surface area (Å²) < 4.78 is 0.908. The maximum absolute atomic E-state index is 12.7. The van der Waals surface area contributed by atoms with Crippen LogP contribution in [-0.2, 0) is 0 Å². The standard InChI is InChI=1S/C15H17ClN2OS/c1-9-5-2-3-8-18(9)15(19)14-12(16)10-6-4-7-11(17)13(10)20-14/h4,6-7,9H,2-3,5,8,17H2,1H3. The highest BCUT2D eigenvalue weighted by molar-refractivity contribution is 7.22. The van der Waals surface area contributed by atoms with E-state index in [4.69, 9.17) is 17.3 Å². The third-order valence-corrected chi connectivity index (χ3v) is 5.69. The molecule has 5 heteroatoms. The first-order chi connectivity index (χ1) is 9.59. The number of carbonyl (C=O) groups is 1. The van der Waals surface area contributed by atoms with Gasteiger partial charge in [0.15, 0.2) is 0 Å². The number of fused-ring (bicyclic) bond motifs is 1. The highest BCUT2D eigenvalue weighted by Crippen LogP contribution is 2.39. The van der Waals surface area contributed by atoms with Crippen LogP contribution < -0.4 is 5.73 Å². The normalized spacial score (nSPS) is 19.5. The molecule has 1 aromatic carbocycles. The summed E-state index contributed by atoms with van der Waals surface area (Å²) in [6.07, 6.45) is 3.33. The number of benzene rings is 1. The average molecular weight is 309 g/mol. The van der Waals surface area contributed by atoms with Crippen LogP contribution in [0.25, 0.3) is 10.1 Å². The van der Waals surface area contributed by atoms with E-state index in [0.717, 1.165) is 29.5 Å². The number of rotatable bonds is 1. The largest absolute Gasteiger partial charge is 0.398 e. The second-order valence-electron chi connectivity index (χ2n) is 5.31. The summed E-state index contributed by atoms with van der Waals surface area (Å²) in [4.78, 5) is 15.3. The molecule has 1 fully saturated rings. The van der Waals surface area contributed by atoms with E-state index in [1.54, 1.807) is 0 Å². The van der Waals surface area contributed by atoms with Gasteiger partial charge in [-0.1, -0.05) is 23.7 Å². The van der Waals surface area contributed by atoms with Gasteiger partial charge in [-0.2, -0.15) is 0 Å². The molecule has 0 bridgehead atoms. The first kappa shape index (κ1) is 13.7. The monoisotopic (exact) mass is 308 g/mol. The predicted molar refractivity (Wildman–Crippen MR) is 85.6 cm³/mol. The minimum Gasteiger partial charge on any atom is -0.398 e. The Balaban J connectivity index is 2.03. The van der Waals surface area contributed by atoms with Crippen molar-refractivity contribution in [3.05, 3.63) is 28.1 Å². The van der Waals surface area contributed by atoms with E-state index in [1.165, 1.54) is 17.8 Å². The summed E-state index contributed by atoms with van der Waals surface area (Å²) in [5, 5.41) is 1.42. The molecule has 1 saturated heterocycles. The Kier molecular flexibility index (Phi) is 3.61. The lowest BCUT2D eigenvalue weighted by Gasteiger charge is -2.33. The van der Waals surface area contributed by atoms with Crippen molar-refractivity contribution in [2.75, 3.05) is 12.3 Å². The molecule has 1 amide bonds. The molecule has 1 unspecified atom stereocenters. The van der Waals surface area contributed by atoms with E-state index in [-0.39, 0.29) is 11.9 Å². The van der Waals surface area contributed by atoms with Crippen LogP contribution in [0.3, 0.4) is 0 Å². The minimum atomic E-state index is 0.0443. The molecule has 3 rings (SSSR count). The molecule has 0 radical (unpaired) electrons. The van der Waals surface area contributed by atoms with Crippen molar-refractivity contribution in [1.29, 1.82) is 0 Å². The quantitative estimate of drug-likeness (QED) is 0.804. The predicted octanol–water partition coefficient (Wildman–Crippen LogP) is 4.15. The van der Waals surface area contributed by atoms with E-state index < -0.39 is 0 Å². The number of carbonyl (C=O) groups excluding carboxylic acids is 1. The maximum atomic E-state index is 12.7. The fourth-order valence-electron chi connectivity index (χ4n) is 2.78. The van der Waals surface area contributed by atoms with Crippen molar-refractivity contribution < 1.29 is 4.79 Å². The molecule has 0 aliphatic carbocycles. The molecule has 3 nitrogen and oxygen atoms in total. The van der Waals surface area contributed by atoms with Crippen LogP contribution in [0.5, 0.6) is 0 Å². The molecule has 106 valence electrons. The first-order valence-electron chi connectivity index (χ1n) is 6.87. The molecule has 1 aliphatic rings. The Bertz CT molecular complexity index is 667. The summed E-state index contributed by atoms with van der Waals surface area (Å²) >= 11 is 7.80. The van der Waals surface area contributed by atoms with Crippen LogP contribution in [-0.4, -0.2) is 23.4 Å². The number of amides is 1. The van der Waals surface area contributed by atoms with Crippen molar-refractivity contribution in [3.8, 4) is 0 Å².